The van der Waals surface area contributed by atoms with Crippen LogP contribution in [-0.2, 0) is 15.6 Å². The molecule has 2 saturated carbocycles. The largest absolute Gasteiger partial charge is 0.346 e. The maximum absolute atomic E-state index is 15.9. The molecule has 0 radical (unpaired) electrons. The Morgan fingerprint density at radius 3 is 2.39 bits per heavy atom. The van der Waals surface area contributed by atoms with Crippen LogP contribution in [-0.4, -0.2) is 45.7 Å². The topological polar surface area (TPSA) is 104 Å². The van der Waals surface area contributed by atoms with Crippen LogP contribution in [0.2, 0.25) is 0 Å². The van der Waals surface area contributed by atoms with E-state index in [1.165, 1.54) is 4.31 Å². The van der Waals surface area contributed by atoms with Gasteiger partial charge in [-0.15, -0.1) is 0 Å². The number of rotatable bonds is 7. The molecule has 2 aliphatic carbocycles. The maximum atomic E-state index is 15.9. The minimum Gasteiger partial charge on any atom is -0.346 e. The van der Waals surface area contributed by atoms with Crippen molar-refractivity contribution in [2.45, 2.75) is 49.9 Å². The van der Waals surface area contributed by atoms with Gasteiger partial charge in [-0.1, -0.05) is 0 Å². The summed E-state index contributed by atoms with van der Waals surface area (Å²) in [5.41, 5.74) is 1.68. The van der Waals surface area contributed by atoms with Crippen LogP contribution < -0.4 is 4.72 Å². The second-order valence-electron chi connectivity index (χ2n) is 10.5. The second kappa shape index (κ2) is 8.54. The number of aromatic amines is 1. The number of nitrogens with one attached hydrogen (secondary N) is 2. The van der Waals surface area contributed by atoms with E-state index in [0.717, 1.165) is 65.7 Å². The molecule has 4 aromatic rings. The van der Waals surface area contributed by atoms with Crippen molar-refractivity contribution in [2.24, 2.45) is 0 Å². The first kappa shape index (κ1) is 23.7. The number of hydrogen-bond acceptors (Lipinski definition) is 5. The lowest BCUT2D eigenvalue weighted by Gasteiger charge is -2.21. The van der Waals surface area contributed by atoms with E-state index in [9.17, 15) is 8.42 Å². The quantitative estimate of drug-likeness (QED) is 0.346. The molecule has 38 heavy (non-hydrogen) atoms. The van der Waals surface area contributed by atoms with Gasteiger partial charge in [0.2, 0.25) is 0 Å². The van der Waals surface area contributed by atoms with E-state index in [1.807, 2.05) is 6.07 Å². The molecule has 1 aromatic carbocycles. The summed E-state index contributed by atoms with van der Waals surface area (Å²) < 4.78 is 60.4. The third kappa shape index (κ3) is 3.87. The van der Waals surface area contributed by atoms with Gasteiger partial charge in [-0.25, -0.2) is 23.7 Å². The van der Waals surface area contributed by atoms with Crippen molar-refractivity contribution in [3.05, 3.63) is 71.6 Å². The monoisotopic (exact) mass is 536 g/mol. The molecule has 7 rings (SSSR count). The van der Waals surface area contributed by atoms with Crippen LogP contribution in [0.25, 0.3) is 22.2 Å². The Morgan fingerprint density at radius 1 is 1.00 bits per heavy atom. The van der Waals surface area contributed by atoms with E-state index in [-0.39, 0.29) is 11.3 Å². The Hall–Kier alpha value is -3.44. The van der Waals surface area contributed by atoms with Crippen LogP contribution in [0.5, 0.6) is 0 Å². The number of nitrogens with zero attached hydrogens (tertiary/aromatic N) is 4. The van der Waals surface area contributed by atoms with Crippen molar-refractivity contribution in [1.82, 2.24) is 24.2 Å². The molecule has 3 aromatic heterocycles. The first-order valence-electron chi connectivity index (χ1n) is 12.9. The van der Waals surface area contributed by atoms with Crippen molar-refractivity contribution in [2.75, 3.05) is 17.8 Å². The molecule has 8 nitrogen and oxygen atoms in total. The highest BCUT2D eigenvalue weighted by molar-refractivity contribution is 7.90. The van der Waals surface area contributed by atoms with E-state index in [4.69, 9.17) is 0 Å². The lowest BCUT2D eigenvalue weighted by molar-refractivity contribution is 0.481. The van der Waals surface area contributed by atoms with Crippen molar-refractivity contribution in [3.63, 3.8) is 0 Å². The van der Waals surface area contributed by atoms with Crippen molar-refractivity contribution in [1.29, 1.82) is 0 Å². The van der Waals surface area contributed by atoms with Crippen molar-refractivity contribution < 1.29 is 17.2 Å². The van der Waals surface area contributed by atoms with Crippen LogP contribution in [0, 0.1) is 11.6 Å². The molecule has 2 N–H and O–H groups in total. The van der Waals surface area contributed by atoms with Gasteiger partial charge in [0.25, 0.3) is 0 Å². The third-order valence-corrected chi connectivity index (χ3v) is 9.48. The van der Waals surface area contributed by atoms with Gasteiger partial charge in [0.15, 0.2) is 5.82 Å². The summed E-state index contributed by atoms with van der Waals surface area (Å²) in [7, 11) is -3.93. The summed E-state index contributed by atoms with van der Waals surface area (Å²) in [4.78, 5) is 16.7. The van der Waals surface area contributed by atoms with Gasteiger partial charge in [-0.05, 0) is 62.3 Å². The van der Waals surface area contributed by atoms with Gasteiger partial charge >= 0.3 is 10.2 Å². The lowest BCUT2D eigenvalue weighted by Crippen LogP contribution is -2.33. The van der Waals surface area contributed by atoms with E-state index in [1.54, 1.807) is 24.8 Å². The molecule has 0 amide bonds. The fourth-order valence-corrected chi connectivity index (χ4v) is 6.88. The molecule has 11 heteroatoms. The van der Waals surface area contributed by atoms with Crippen LogP contribution in [0.1, 0.15) is 61.4 Å². The van der Waals surface area contributed by atoms with Gasteiger partial charge in [0, 0.05) is 71.3 Å². The normalized spacial score (nSPS) is 19.2. The van der Waals surface area contributed by atoms with E-state index in [0.29, 0.717) is 37.5 Å². The molecule has 0 unspecified atom stereocenters. The van der Waals surface area contributed by atoms with Crippen LogP contribution >= 0.6 is 0 Å². The molecule has 3 fully saturated rings. The smallest absolute Gasteiger partial charge is 0.301 e. The summed E-state index contributed by atoms with van der Waals surface area (Å²) in [6.45, 7) is 0.766. The Kier molecular flexibility index (Phi) is 5.31. The zero-order valence-electron chi connectivity index (χ0n) is 20.5. The molecule has 1 saturated heterocycles. The fourth-order valence-electron chi connectivity index (χ4n) is 5.58. The zero-order chi connectivity index (χ0) is 26.1. The molecular formula is C27H26F2N6O2S. The van der Waals surface area contributed by atoms with Gasteiger partial charge in [0.05, 0.1) is 5.69 Å². The number of aromatic nitrogens is 4. The number of fused-ring (bicyclic) bond motifs is 1. The highest BCUT2D eigenvalue weighted by atomic mass is 32.2. The minimum absolute atomic E-state index is 0.123. The average Bonchev–Trinajstić information content (AvgIpc) is 3.81. The number of halogens is 2. The van der Waals surface area contributed by atoms with Crippen molar-refractivity contribution in [3.8, 4) is 11.1 Å². The van der Waals surface area contributed by atoms with Gasteiger partial charge < -0.3 is 4.98 Å². The summed E-state index contributed by atoms with van der Waals surface area (Å²) >= 11 is 0. The summed E-state index contributed by atoms with van der Waals surface area (Å²) in [5.74, 6) is -0.274. The predicted octanol–water partition coefficient (Wildman–Crippen LogP) is 5.01. The highest BCUT2D eigenvalue weighted by Crippen LogP contribution is 2.57. The predicted molar refractivity (Wildman–Crippen MR) is 139 cm³/mol. The van der Waals surface area contributed by atoms with Crippen molar-refractivity contribution >= 4 is 26.9 Å². The minimum atomic E-state index is -3.93. The third-order valence-electron chi connectivity index (χ3n) is 7.96. The molecule has 0 atom stereocenters. The lowest BCUT2D eigenvalue weighted by atomic mass is 9.86. The number of benzene rings is 1. The number of hydrogen-bond donors (Lipinski definition) is 2. The molecule has 1 aliphatic heterocycles. The Balaban J connectivity index is 1.27. The van der Waals surface area contributed by atoms with Crippen LogP contribution in [0.4, 0.5) is 14.5 Å². The van der Waals surface area contributed by atoms with E-state index in [2.05, 4.69) is 24.7 Å². The van der Waals surface area contributed by atoms with Gasteiger partial charge in [0.1, 0.15) is 17.3 Å². The molecule has 0 spiro atoms. The van der Waals surface area contributed by atoms with Gasteiger partial charge in [-0.3, -0.25) is 4.72 Å². The summed E-state index contributed by atoms with van der Waals surface area (Å²) in [6, 6.07) is 4.23. The molecule has 4 heterocycles. The Labute approximate surface area is 218 Å². The zero-order valence-corrected chi connectivity index (χ0v) is 21.4. The Morgan fingerprint density at radius 2 is 1.71 bits per heavy atom. The molecular weight excluding hydrogens is 510 g/mol. The second-order valence-corrected chi connectivity index (χ2v) is 12.2. The van der Waals surface area contributed by atoms with E-state index < -0.39 is 27.3 Å². The van der Waals surface area contributed by atoms with Gasteiger partial charge in [-0.2, -0.15) is 12.7 Å². The first-order chi connectivity index (χ1) is 18.4. The number of H-pyrrole nitrogens is 1. The highest BCUT2D eigenvalue weighted by Gasteiger charge is 2.51. The summed E-state index contributed by atoms with van der Waals surface area (Å²) in [5, 5.41) is 0.758. The molecule has 0 bridgehead atoms. The molecule has 3 aliphatic rings. The number of pyridine rings is 1. The standard InChI is InChI=1S/C27H26F2N6O2S/c28-21-5-6-22(34-38(36,37)35-9-1-2-10-35)24(29)23(21)27(7-8-27)20-15-33-26-19(20)11-17(12-32-26)18-13-30-25(31-14-18)16-3-4-16/h5-6,11-16,34H,1-4,7-10H2,(H,32,33). The number of anilines is 1. The Bertz CT molecular complexity index is 1660. The maximum Gasteiger partial charge on any atom is 0.301 e. The summed E-state index contributed by atoms with van der Waals surface area (Å²) in [6.07, 6.45) is 11.9. The van der Waals surface area contributed by atoms with E-state index >= 15 is 8.78 Å². The SMILES string of the molecule is O=S(=O)(Nc1ccc(F)c(C2(c3c[nH]c4ncc(-c5cnc(C6CC6)nc5)cc34)CC2)c1F)N1CCCC1. The molecule has 196 valence electrons. The first-order valence-corrected chi connectivity index (χ1v) is 14.4. The van der Waals surface area contributed by atoms with Crippen LogP contribution in [0.15, 0.2) is 43.0 Å². The van der Waals surface area contributed by atoms with Crippen LogP contribution in [0.3, 0.4) is 0 Å². The fraction of sp³-hybridized carbons (Fsp3) is 0.370. The average molecular weight is 537 g/mol.